The summed E-state index contributed by atoms with van der Waals surface area (Å²) in [6.07, 6.45) is 7.49. The van der Waals surface area contributed by atoms with Crippen LogP contribution in [-0.2, 0) is 6.54 Å². The largest absolute Gasteiger partial charge is 0.459 e. The summed E-state index contributed by atoms with van der Waals surface area (Å²) in [7, 11) is 0. The van der Waals surface area contributed by atoms with E-state index in [-0.39, 0.29) is 23.3 Å². The van der Waals surface area contributed by atoms with Crippen LogP contribution < -0.4 is 5.56 Å². The molecule has 0 spiro atoms. The first-order valence-corrected chi connectivity index (χ1v) is 9.02. The lowest BCUT2D eigenvalue weighted by Gasteiger charge is -2.43. The van der Waals surface area contributed by atoms with Gasteiger partial charge in [-0.15, -0.1) is 0 Å². The number of rotatable bonds is 2. The Labute approximate surface area is 155 Å². The number of piperidine rings is 1. The molecular formula is C20H18N4O3. The number of carbonyl (C=O) groups is 1. The maximum atomic E-state index is 12.8. The second-order valence-corrected chi connectivity index (χ2v) is 7.19. The zero-order chi connectivity index (χ0) is 18.4. The molecule has 0 aromatic carbocycles. The van der Waals surface area contributed by atoms with Crippen molar-refractivity contribution in [2.45, 2.75) is 18.9 Å². The second kappa shape index (κ2) is 6.19. The van der Waals surface area contributed by atoms with Crippen molar-refractivity contribution in [2.24, 2.45) is 5.92 Å². The van der Waals surface area contributed by atoms with Gasteiger partial charge in [0.1, 0.15) is 6.33 Å². The smallest absolute Gasteiger partial charge is 0.289 e. The quantitative estimate of drug-likeness (QED) is 0.698. The molecule has 1 amide bonds. The number of fused-ring (bicyclic) bond motifs is 4. The number of hydrogen-bond acceptors (Lipinski definition) is 5. The van der Waals surface area contributed by atoms with Crippen LogP contribution in [0.3, 0.4) is 0 Å². The van der Waals surface area contributed by atoms with Crippen LogP contribution in [0.15, 0.2) is 58.5 Å². The monoisotopic (exact) mass is 362 g/mol. The van der Waals surface area contributed by atoms with Gasteiger partial charge in [0, 0.05) is 60.8 Å². The summed E-state index contributed by atoms with van der Waals surface area (Å²) >= 11 is 0. The lowest BCUT2D eigenvalue weighted by atomic mass is 9.80. The number of pyridine rings is 1. The van der Waals surface area contributed by atoms with Crippen molar-refractivity contribution < 1.29 is 9.21 Å². The molecule has 3 aromatic rings. The normalized spacial score (nSPS) is 21.0. The van der Waals surface area contributed by atoms with Crippen molar-refractivity contribution in [1.82, 2.24) is 19.4 Å². The van der Waals surface area contributed by atoms with Gasteiger partial charge in [-0.25, -0.2) is 9.97 Å². The molecule has 0 unspecified atom stereocenters. The molecule has 0 N–H and O–H groups in total. The third kappa shape index (κ3) is 2.66. The average molecular weight is 362 g/mol. The van der Waals surface area contributed by atoms with Crippen LogP contribution in [0.25, 0.3) is 11.1 Å². The van der Waals surface area contributed by atoms with Crippen molar-refractivity contribution in [1.29, 1.82) is 0 Å². The summed E-state index contributed by atoms with van der Waals surface area (Å²) in [6.45, 7) is 1.83. The van der Waals surface area contributed by atoms with Crippen molar-refractivity contribution in [2.75, 3.05) is 13.1 Å². The van der Waals surface area contributed by atoms with Crippen LogP contribution in [0.5, 0.6) is 0 Å². The van der Waals surface area contributed by atoms with E-state index in [0.717, 1.165) is 23.2 Å². The van der Waals surface area contributed by atoms with E-state index in [1.807, 2.05) is 15.5 Å². The Bertz CT molecular complexity index is 1040. The average Bonchev–Trinajstić information content (AvgIpc) is 3.23. The second-order valence-electron chi connectivity index (χ2n) is 7.19. The number of nitrogens with zero attached hydrogens (tertiary/aromatic N) is 4. The van der Waals surface area contributed by atoms with E-state index in [1.54, 1.807) is 30.6 Å². The first kappa shape index (κ1) is 16.0. The molecule has 2 bridgehead atoms. The highest BCUT2D eigenvalue weighted by Crippen LogP contribution is 2.39. The third-order valence-electron chi connectivity index (χ3n) is 5.48. The van der Waals surface area contributed by atoms with Crippen LogP contribution in [-0.4, -0.2) is 38.4 Å². The van der Waals surface area contributed by atoms with E-state index in [9.17, 15) is 9.59 Å². The number of hydrogen-bond donors (Lipinski definition) is 0. The molecule has 5 heterocycles. The Kier molecular flexibility index (Phi) is 3.67. The SMILES string of the molecule is O=C(c1ccco1)N1C[C@H]2C[C@H](C1)c1c(-c3cncnc3)ccc(=O)n1C2. The number of likely N-dealkylation sites (tertiary alicyclic amines) is 1. The summed E-state index contributed by atoms with van der Waals surface area (Å²) in [4.78, 5) is 35.4. The van der Waals surface area contributed by atoms with E-state index >= 15 is 0 Å². The predicted octanol–water partition coefficient (Wildman–Crippen LogP) is 2.16. The van der Waals surface area contributed by atoms with E-state index in [0.29, 0.717) is 25.4 Å². The Balaban J connectivity index is 1.57. The van der Waals surface area contributed by atoms with Gasteiger partial charge in [-0.05, 0) is 30.5 Å². The van der Waals surface area contributed by atoms with Crippen LogP contribution in [0, 0.1) is 5.92 Å². The molecule has 3 aromatic heterocycles. The molecular weight excluding hydrogens is 344 g/mol. The topological polar surface area (TPSA) is 81.2 Å². The third-order valence-corrected chi connectivity index (χ3v) is 5.48. The van der Waals surface area contributed by atoms with Gasteiger partial charge in [-0.2, -0.15) is 0 Å². The summed E-state index contributed by atoms with van der Waals surface area (Å²) < 4.78 is 7.16. The Morgan fingerprint density at radius 3 is 2.74 bits per heavy atom. The Hall–Kier alpha value is -3.22. The predicted molar refractivity (Wildman–Crippen MR) is 97.2 cm³/mol. The lowest BCUT2D eigenvalue weighted by Crippen LogP contribution is -2.49. The minimum atomic E-state index is -0.0916. The standard InChI is InChI=1S/C20H18N4O3/c25-18-4-3-16(15-7-21-12-22-8-15)19-14-6-13(10-24(18)19)9-23(11-14)20(26)17-2-1-5-27-17/h1-5,7-8,12-14H,6,9-11H2/t13-,14-/m1/s1. The van der Waals surface area contributed by atoms with Crippen LogP contribution in [0.2, 0.25) is 0 Å². The van der Waals surface area contributed by atoms with Gasteiger partial charge in [-0.1, -0.05) is 0 Å². The van der Waals surface area contributed by atoms with Gasteiger partial charge in [0.05, 0.1) is 6.26 Å². The van der Waals surface area contributed by atoms with Crippen LogP contribution in [0.4, 0.5) is 0 Å². The summed E-state index contributed by atoms with van der Waals surface area (Å²) in [5.41, 5.74) is 2.83. The zero-order valence-electron chi connectivity index (χ0n) is 14.6. The molecule has 5 rings (SSSR count). The van der Waals surface area contributed by atoms with Crippen LogP contribution in [0.1, 0.15) is 28.6 Å². The maximum Gasteiger partial charge on any atom is 0.289 e. The molecule has 2 aliphatic rings. The highest BCUT2D eigenvalue weighted by molar-refractivity contribution is 5.91. The number of carbonyl (C=O) groups excluding carboxylic acids is 1. The minimum Gasteiger partial charge on any atom is -0.459 e. The van der Waals surface area contributed by atoms with E-state index in [2.05, 4.69) is 9.97 Å². The van der Waals surface area contributed by atoms with Gasteiger partial charge >= 0.3 is 0 Å². The highest BCUT2D eigenvalue weighted by atomic mass is 16.3. The molecule has 27 heavy (non-hydrogen) atoms. The molecule has 7 nitrogen and oxygen atoms in total. The van der Waals surface area contributed by atoms with Gasteiger partial charge in [0.2, 0.25) is 0 Å². The molecule has 1 saturated heterocycles. The fourth-order valence-corrected chi connectivity index (χ4v) is 4.42. The van der Waals surface area contributed by atoms with Crippen molar-refractivity contribution in [3.63, 3.8) is 0 Å². The van der Waals surface area contributed by atoms with Gasteiger partial charge in [0.25, 0.3) is 11.5 Å². The number of aromatic nitrogens is 3. The minimum absolute atomic E-state index is 0.00566. The fraction of sp³-hybridized carbons (Fsp3) is 0.300. The zero-order valence-corrected chi connectivity index (χ0v) is 14.6. The van der Waals surface area contributed by atoms with Gasteiger partial charge in [0.15, 0.2) is 5.76 Å². The fourth-order valence-electron chi connectivity index (χ4n) is 4.42. The Morgan fingerprint density at radius 1 is 1.11 bits per heavy atom. The van der Waals surface area contributed by atoms with Crippen molar-refractivity contribution >= 4 is 5.91 Å². The first-order valence-electron chi connectivity index (χ1n) is 9.02. The van der Waals surface area contributed by atoms with E-state index in [4.69, 9.17) is 4.42 Å². The first-order chi connectivity index (χ1) is 13.2. The van der Waals surface area contributed by atoms with Crippen molar-refractivity contribution in [3.05, 3.63) is 71.1 Å². The van der Waals surface area contributed by atoms with Gasteiger partial charge in [-0.3, -0.25) is 9.59 Å². The van der Waals surface area contributed by atoms with Crippen LogP contribution >= 0.6 is 0 Å². The highest BCUT2D eigenvalue weighted by Gasteiger charge is 2.38. The molecule has 0 saturated carbocycles. The van der Waals surface area contributed by atoms with E-state index in [1.165, 1.54) is 12.6 Å². The van der Waals surface area contributed by atoms with Gasteiger partial charge < -0.3 is 13.9 Å². The molecule has 136 valence electrons. The summed E-state index contributed by atoms with van der Waals surface area (Å²) in [6, 6.07) is 6.87. The number of amides is 1. The molecule has 7 heteroatoms. The summed E-state index contributed by atoms with van der Waals surface area (Å²) in [5, 5.41) is 0. The summed E-state index contributed by atoms with van der Waals surface area (Å²) in [5.74, 6) is 0.624. The maximum absolute atomic E-state index is 12.8. The molecule has 2 atom stereocenters. The van der Waals surface area contributed by atoms with Crippen molar-refractivity contribution in [3.8, 4) is 11.1 Å². The van der Waals surface area contributed by atoms with E-state index < -0.39 is 0 Å². The number of furan rings is 1. The molecule has 1 fully saturated rings. The molecule has 2 aliphatic heterocycles. The Morgan fingerprint density at radius 2 is 1.96 bits per heavy atom. The molecule has 0 aliphatic carbocycles. The lowest BCUT2D eigenvalue weighted by molar-refractivity contribution is 0.0564. The molecule has 0 radical (unpaired) electrons.